The maximum atomic E-state index is 10.8. The van der Waals surface area contributed by atoms with Gasteiger partial charge >= 0.3 is 11.9 Å². The molecule has 14 heavy (non-hydrogen) atoms. The molecule has 0 spiro atoms. The quantitative estimate of drug-likeness (QED) is 0.677. The Morgan fingerprint density at radius 1 is 1.21 bits per heavy atom. The van der Waals surface area contributed by atoms with Gasteiger partial charge in [-0.1, -0.05) is 6.92 Å². The van der Waals surface area contributed by atoms with E-state index in [1.807, 2.05) is 11.8 Å². The van der Waals surface area contributed by atoms with Gasteiger partial charge in [0.15, 0.2) is 0 Å². The second-order valence-electron chi connectivity index (χ2n) is 3.66. The molecule has 1 heterocycles. The van der Waals surface area contributed by atoms with E-state index in [1.165, 1.54) is 0 Å². The van der Waals surface area contributed by atoms with Crippen molar-refractivity contribution in [3.8, 4) is 0 Å². The molecule has 5 heteroatoms. The molecule has 1 aliphatic heterocycles. The first-order valence-electron chi connectivity index (χ1n) is 4.72. The first-order valence-corrected chi connectivity index (χ1v) is 4.72. The Morgan fingerprint density at radius 2 is 1.64 bits per heavy atom. The van der Waals surface area contributed by atoms with E-state index in [2.05, 4.69) is 0 Å². The highest BCUT2D eigenvalue weighted by molar-refractivity contribution is 5.74. The van der Waals surface area contributed by atoms with Gasteiger partial charge in [0, 0.05) is 13.1 Å². The number of carbonyl (C=O) groups is 2. The van der Waals surface area contributed by atoms with E-state index in [1.54, 1.807) is 0 Å². The van der Waals surface area contributed by atoms with Crippen LogP contribution in [0.5, 0.6) is 0 Å². The maximum absolute atomic E-state index is 10.8. The van der Waals surface area contributed by atoms with Gasteiger partial charge in [0.2, 0.25) is 0 Å². The van der Waals surface area contributed by atoms with Crippen molar-refractivity contribution in [2.24, 2.45) is 11.8 Å². The Hall–Kier alpha value is -1.10. The summed E-state index contributed by atoms with van der Waals surface area (Å²) in [5.41, 5.74) is 0. The zero-order valence-corrected chi connectivity index (χ0v) is 8.14. The molecule has 2 atom stereocenters. The largest absolute Gasteiger partial charge is 0.481 e. The summed E-state index contributed by atoms with van der Waals surface area (Å²) in [6, 6.07) is 0. The average molecular weight is 201 g/mol. The van der Waals surface area contributed by atoms with Crippen molar-refractivity contribution in [3.05, 3.63) is 0 Å². The van der Waals surface area contributed by atoms with E-state index in [0.29, 0.717) is 19.6 Å². The number of carboxylic acid groups (broad SMARTS) is 2. The molecule has 0 bridgehead atoms. The van der Waals surface area contributed by atoms with Gasteiger partial charge in [-0.15, -0.1) is 0 Å². The van der Waals surface area contributed by atoms with Gasteiger partial charge in [-0.3, -0.25) is 9.59 Å². The lowest BCUT2D eigenvalue weighted by atomic mass is 9.89. The van der Waals surface area contributed by atoms with Crippen LogP contribution in [0.4, 0.5) is 0 Å². The summed E-state index contributed by atoms with van der Waals surface area (Å²) in [5, 5.41) is 17.7. The maximum Gasteiger partial charge on any atom is 0.307 e. The minimum Gasteiger partial charge on any atom is -0.481 e. The van der Waals surface area contributed by atoms with Crippen LogP contribution >= 0.6 is 0 Å². The number of rotatable bonds is 3. The highest BCUT2D eigenvalue weighted by Gasteiger charge is 2.34. The number of nitrogens with zero attached hydrogens (tertiary/aromatic N) is 1. The van der Waals surface area contributed by atoms with Gasteiger partial charge in [-0.2, -0.15) is 0 Å². The monoisotopic (exact) mass is 201 g/mol. The van der Waals surface area contributed by atoms with Crippen LogP contribution in [0.15, 0.2) is 0 Å². The summed E-state index contributed by atoms with van der Waals surface area (Å²) in [4.78, 5) is 23.4. The number of likely N-dealkylation sites (tertiary alicyclic amines) is 1. The fraction of sp³-hybridized carbons (Fsp3) is 0.778. The van der Waals surface area contributed by atoms with Crippen LogP contribution in [0, 0.1) is 11.8 Å². The molecule has 1 rings (SSSR count). The van der Waals surface area contributed by atoms with E-state index in [4.69, 9.17) is 10.2 Å². The van der Waals surface area contributed by atoms with Crippen molar-refractivity contribution < 1.29 is 19.8 Å². The number of piperidine rings is 1. The Bertz CT molecular complexity index is 219. The summed E-state index contributed by atoms with van der Waals surface area (Å²) >= 11 is 0. The van der Waals surface area contributed by atoms with Crippen LogP contribution in [0.3, 0.4) is 0 Å². The summed E-state index contributed by atoms with van der Waals surface area (Å²) in [6.45, 7) is 3.54. The molecule has 0 saturated carbocycles. The van der Waals surface area contributed by atoms with Crippen LogP contribution in [-0.2, 0) is 9.59 Å². The van der Waals surface area contributed by atoms with E-state index in [-0.39, 0.29) is 6.42 Å². The van der Waals surface area contributed by atoms with E-state index in [9.17, 15) is 9.59 Å². The Morgan fingerprint density at radius 3 is 1.93 bits per heavy atom. The molecule has 0 radical (unpaired) electrons. The van der Waals surface area contributed by atoms with E-state index >= 15 is 0 Å². The molecule has 5 nitrogen and oxygen atoms in total. The van der Waals surface area contributed by atoms with Crippen LogP contribution in [0.25, 0.3) is 0 Å². The second-order valence-corrected chi connectivity index (χ2v) is 3.66. The SMILES string of the molecule is CCN1C[C@H](C(=O)O)C[C@H](C(=O)O)C1. The number of hydrogen-bond donors (Lipinski definition) is 2. The minimum atomic E-state index is -0.894. The summed E-state index contributed by atoms with van der Waals surface area (Å²) < 4.78 is 0. The molecule has 0 aromatic carbocycles. The lowest BCUT2D eigenvalue weighted by molar-refractivity contribution is -0.149. The van der Waals surface area contributed by atoms with Crippen molar-refractivity contribution in [3.63, 3.8) is 0 Å². The predicted molar refractivity (Wildman–Crippen MR) is 49.0 cm³/mol. The van der Waals surface area contributed by atoms with Crippen molar-refractivity contribution in [1.29, 1.82) is 0 Å². The van der Waals surface area contributed by atoms with Gasteiger partial charge in [0.1, 0.15) is 0 Å². The average Bonchev–Trinajstić information content (AvgIpc) is 2.16. The minimum absolute atomic E-state index is 0.251. The highest BCUT2D eigenvalue weighted by Crippen LogP contribution is 2.22. The predicted octanol–water partition coefficient (Wildman–Crippen LogP) is 0.114. The summed E-state index contributed by atoms with van der Waals surface area (Å²) in [5.74, 6) is -2.86. The van der Waals surface area contributed by atoms with E-state index in [0.717, 1.165) is 0 Å². The fourth-order valence-electron chi connectivity index (χ4n) is 1.81. The third-order valence-electron chi connectivity index (χ3n) is 2.67. The molecular formula is C9H15NO4. The fourth-order valence-corrected chi connectivity index (χ4v) is 1.81. The topological polar surface area (TPSA) is 77.8 Å². The molecule has 1 saturated heterocycles. The lowest BCUT2D eigenvalue weighted by Gasteiger charge is -2.33. The van der Waals surface area contributed by atoms with Gasteiger partial charge < -0.3 is 15.1 Å². The first-order chi connectivity index (χ1) is 6.54. The number of hydrogen-bond acceptors (Lipinski definition) is 3. The molecule has 2 N–H and O–H groups in total. The molecule has 0 aromatic heterocycles. The molecule has 0 aromatic rings. The Kier molecular flexibility index (Phi) is 3.46. The van der Waals surface area contributed by atoms with Crippen molar-refractivity contribution in [2.45, 2.75) is 13.3 Å². The third-order valence-corrected chi connectivity index (χ3v) is 2.67. The molecule has 0 amide bonds. The van der Waals surface area contributed by atoms with Gasteiger partial charge in [-0.05, 0) is 13.0 Å². The number of carboxylic acids is 2. The molecular weight excluding hydrogens is 186 g/mol. The Labute approximate surface area is 82.3 Å². The molecule has 0 aliphatic carbocycles. The number of aliphatic carboxylic acids is 2. The van der Waals surface area contributed by atoms with Crippen molar-refractivity contribution >= 4 is 11.9 Å². The van der Waals surface area contributed by atoms with Crippen LogP contribution in [-0.4, -0.2) is 46.7 Å². The molecule has 0 unspecified atom stereocenters. The second kappa shape index (κ2) is 4.41. The third kappa shape index (κ3) is 2.45. The first kappa shape index (κ1) is 11.0. The molecule has 1 aliphatic rings. The van der Waals surface area contributed by atoms with Crippen LogP contribution in [0.2, 0.25) is 0 Å². The zero-order chi connectivity index (χ0) is 10.7. The Balaban J connectivity index is 2.66. The zero-order valence-electron chi connectivity index (χ0n) is 8.14. The molecule has 1 fully saturated rings. The normalized spacial score (nSPS) is 28.6. The summed E-state index contributed by atoms with van der Waals surface area (Å²) in [6.07, 6.45) is 0.251. The van der Waals surface area contributed by atoms with E-state index < -0.39 is 23.8 Å². The smallest absolute Gasteiger partial charge is 0.307 e. The highest BCUT2D eigenvalue weighted by atomic mass is 16.4. The summed E-state index contributed by atoms with van der Waals surface area (Å²) in [7, 11) is 0. The standard InChI is InChI=1S/C9H15NO4/c1-2-10-4-6(8(11)12)3-7(5-10)9(13)14/h6-7H,2-5H2,1H3,(H,11,12)(H,13,14)/t6-,7+. The van der Waals surface area contributed by atoms with Gasteiger partial charge in [-0.25, -0.2) is 0 Å². The van der Waals surface area contributed by atoms with Gasteiger partial charge in [0.05, 0.1) is 11.8 Å². The van der Waals surface area contributed by atoms with Crippen LogP contribution in [0.1, 0.15) is 13.3 Å². The molecule has 80 valence electrons. The van der Waals surface area contributed by atoms with Gasteiger partial charge in [0.25, 0.3) is 0 Å². The lowest BCUT2D eigenvalue weighted by Crippen LogP contribution is -2.45. The van der Waals surface area contributed by atoms with Crippen LogP contribution < -0.4 is 0 Å². The van der Waals surface area contributed by atoms with Crippen molar-refractivity contribution in [1.82, 2.24) is 4.90 Å². The van der Waals surface area contributed by atoms with Crippen molar-refractivity contribution in [2.75, 3.05) is 19.6 Å².